The predicted molar refractivity (Wildman–Crippen MR) is 114 cm³/mol. The van der Waals surface area contributed by atoms with Crippen LogP contribution in [0.2, 0.25) is 5.02 Å². The first-order chi connectivity index (χ1) is 12.9. The van der Waals surface area contributed by atoms with Gasteiger partial charge in [0.05, 0.1) is 10.7 Å². The summed E-state index contributed by atoms with van der Waals surface area (Å²) in [7, 11) is 0. The average molecular weight is 432 g/mol. The van der Waals surface area contributed by atoms with Gasteiger partial charge in [0.1, 0.15) is 16.7 Å². The number of nitrogens with one attached hydrogen (secondary N) is 1. The van der Waals surface area contributed by atoms with Crippen molar-refractivity contribution >= 4 is 40.9 Å². The monoisotopic (exact) mass is 431 g/mol. The molecule has 1 N–H and O–H groups in total. The first kappa shape index (κ1) is 24.8. The lowest BCUT2D eigenvalue weighted by Crippen LogP contribution is -2.30. The molecular formula is C21H31ClFNO3S. The summed E-state index contributed by atoms with van der Waals surface area (Å²) >= 11 is 7.44. The Kier molecular flexibility index (Phi) is 9.28. The molecule has 0 fully saturated rings. The minimum absolute atomic E-state index is 0.0591. The summed E-state index contributed by atoms with van der Waals surface area (Å²) in [5.41, 5.74) is -0.536. The number of thioether (sulfide) groups is 1. The van der Waals surface area contributed by atoms with E-state index in [1.54, 1.807) is 6.92 Å². The molecule has 1 amide bonds. The third-order valence-electron chi connectivity index (χ3n) is 4.18. The number of carbonyl (C=O) groups is 2. The van der Waals surface area contributed by atoms with Crippen molar-refractivity contribution in [2.75, 3.05) is 5.32 Å². The summed E-state index contributed by atoms with van der Waals surface area (Å²) < 4.78 is 19.8. The third-order valence-corrected chi connectivity index (χ3v) is 5.91. The fraction of sp³-hybridized carbons (Fsp3) is 0.619. The maximum absolute atomic E-state index is 14.3. The zero-order valence-corrected chi connectivity index (χ0v) is 19.3. The fourth-order valence-electron chi connectivity index (χ4n) is 2.27. The predicted octanol–water partition coefficient (Wildman–Crippen LogP) is 6.31. The number of hydrogen-bond donors (Lipinski definition) is 1. The fourth-order valence-corrected chi connectivity index (χ4v) is 3.72. The van der Waals surface area contributed by atoms with Crippen LogP contribution in [0.4, 0.5) is 10.1 Å². The SMILES string of the molecule is CCCC(Sc1cc(NC(=O)C(C)C(C)C)c(F)cc1Cl)C(=O)OC(C)(C)C. The van der Waals surface area contributed by atoms with Crippen molar-refractivity contribution in [3.63, 3.8) is 0 Å². The molecule has 2 unspecified atom stereocenters. The van der Waals surface area contributed by atoms with Gasteiger partial charge in [0.2, 0.25) is 5.91 Å². The van der Waals surface area contributed by atoms with Crippen molar-refractivity contribution in [2.45, 2.75) is 77.1 Å². The van der Waals surface area contributed by atoms with Gasteiger partial charge in [0.15, 0.2) is 0 Å². The van der Waals surface area contributed by atoms with E-state index < -0.39 is 16.7 Å². The van der Waals surface area contributed by atoms with Crippen molar-refractivity contribution in [2.24, 2.45) is 11.8 Å². The standard InChI is InChI=1S/C21H31ClFNO3S/c1-8-9-17(20(26)27-21(5,6)7)28-18-11-16(15(23)10-14(18)22)24-19(25)13(4)12(2)3/h10-13,17H,8-9H2,1-7H3,(H,24,25). The van der Waals surface area contributed by atoms with E-state index in [2.05, 4.69) is 5.32 Å². The Morgan fingerprint density at radius 2 is 1.86 bits per heavy atom. The molecule has 158 valence electrons. The number of halogens is 2. The molecule has 1 rings (SSSR count). The lowest BCUT2D eigenvalue weighted by Gasteiger charge is -2.24. The van der Waals surface area contributed by atoms with Crippen molar-refractivity contribution in [3.8, 4) is 0 Å². The minimum Gasteiger partial charge on any atom is -0.459 e. The molecule has 0 radical (unpaired) electrons. The summed E-state index contributed by atoms with van der Waals surface area (Å²) in [5, 5.41) is 2.36. The Hall–Kier alpha value is -1.27. The Bertz CT molecular complexity index is 704. The molecule has 0 aliphatic rings. The van der Waals surface area contributed by atoms with Crippen molar-refractivity contribution in [1.29, 1.82) is 0 Å². The van der Waals surface area contributed by atoms with E-state index in [0.717, 1.165) is 12.5 Å². The molecule has 0 bridgehead atoms. The number of benzene rings is 1. The van der Waals surface area contributed by atoms with Crippen LogP contribution in [0, 0.1) is 17.7 Å². The minimum atomic E-state index is -0.608. The maximum Gasteiger partial charge on any atom is 0.319 e. The number of anilines is 1. The van der Waals surface area contributed by atoms with Crippen molar-refractivity contribution < 1.29 is 18.7 Å². The Labute approximate surface area is 176 Å². The van der Waals surface area contributed by atoms with Gasteiger partial charge in [-0.2, -0.15) is 0 Å². The number of amides is 1. The molecule has 0 aliphatic heterocycles. The van der Waals surface area contributed by atoms with Gasteiger partial charge >= 0.3 is 5.97 Å². The zero-order valence-electron chi connectivity index (χ0n) is 17.7. The highest BCUT2D eigenvalue weighted by Gasteiger charge is 2.27. The lowest BCUT2D eigenvalue weighted by atomic mass is 9.97. The molecule has 0 aromatic heterocycles. The van der Waals surface area contributed by atoms with E-state index in [-0.39, 0.29) is 34.4 Å². The summed E-state index contributed by atoms with van der Waals surface area (Å²) in [6.45, 7) is 13.1. The molecule has 0 aliphatic carbocycles. The van der Waals surface area contributed by atoms with E-state index in [0.29, 0.717) is 11.3 Å². The van der Waals surface area contributed by atoms with E-state index in [1.165, 1.54) is 17.8 Å². The highest BCUT2D eigenvalue weighted by molar-refractivity contribution is 8.00. The smallest absolute Gasteiger partial charge is 0.319 e. The van der Waals surface area contributed by atoms with Gasteiger partial charge in [-0.3, -0.25) is 9.59 Å². The Morgan fingerprint density at radius 1 is 1.25 bits per heavy atom. The Morgan fingerprint density at radius 3 is 2.36 bits per heavy atom. The van der Waals surface area contributed by atoms with Crippen LogP contribution >= 0.6 is 23.4 Å². The van der Waals surface area contributed by atoms with Crippen LogP contribution in [0.3, 0.4) is 0 Å². The van der Waals surface area contributed by atoms with Crippen LogP contribution < -0.4 is 5.32 Å². The van der Waals surface area contributed by atoms with Crippen LogP contribution in [-0.2, 0) is 14.3 Å². The van der Waals surface area contributed by atoms with E-state index >= 15 is 0 Å². The van der Waals surface area contributed by atoms with Gasteiger partial charge in [-0.15, -0.1) is 11.8 Å². The van der Waals surface area contributed by atoms with Gasteiger partial charge in [-0.25, -0.2) is 4.39 Å². The van der Waals surface area contributed by atoms with E-state index in [1.807, 2.05) is 41.5 Å². The van der Waals surface area contributed by atoms with E-state index in [4.69, 9.17) is 16.3 Å². The van der Waals surface area contributed by atoms with Crippen molar-refractivity contribution in [3.05, 3.63) is 23.0 Å². The van der Waals surface area contributed by atoms with Crippen LogP contribution in [0.5, 0.6) is 0 Å². The van der Waals surface area contributed by atoms with Crippen molar-refractivity contribution in [1.82, 2.24) is 0 Å². The lowest BCUT2D eigenvalue weighted by molar-refractivity contribution is -0.154. The summed E-state index contributed by atoms with van der Waals surface area (Å²) in [6, 6.07) is 2.65. The average Bonchev–Trinajstić information content (AvgIpc) is 2.55. The summed E-state index contributed by atoms with van der Waals surface area (Å²) in [4.78, 5) is 25.4. The third kappa shape index (κ3) is 7.63. The van der Waals surface area contributed by atoms with E-state index in [9.17, 15) is 14.0 Å². The van der Waals surface area contributed by atoms with Gasteiger partial charge in [-0.1, -0.05) is 45.7 Å². The maximum atomic E-state index is 14.3. The first-order valence-corrected chi connectivity index (χ1v) is 10.8. The van der Waals surface area contributed by atoms with Gasteiger partial charge in [0.25, 0.3) is 0 Å². The van der Waals surface area contributed by atoms with Crippen LogP contribution in [-0.4, -0.2) is 22.7 Å². The second kappa shape index (κ2) is 10.5. The molecule has 4 nitrogen and oxygen atoms in total. The first-order valence-electron chi connectivity index (χ1n) is 9.55. The second-order valence-corrected chi connectivity index (χ2v) is 9.86. The molecule has 0 heterocycles. The molecule has 2 atom stereocenters. The number of rotatable bonds is 8. The number of carbonyl (C=O) groups excluding carboxylic acids is 2. The summed E-state index contributed by atoms with van der Waals surface area (Å²) in [6.07, 6.45) is 1.38. The van der Waals surface area contributed by atoms with Gasteiger partial charge < -0.3 is 10.1 Å². The largest absolute Gasteiger partial charge is 0.459 e. The van der Waals surface area contributed by atoms with Crippen LogP contribution in [0.15, 0.2) is 17.0 Å². The van der Waals surface area contributed by atoms with Crippen LogP contribution in [0.1, 0.15) is 61.3 Å². The Balaban J connectivity index is 3.08. The molecule has 0 saturated carbocycles. The van der Waals surface area contributed by atoms with Crippen LogP contribution in [0.25, 0.3) is 0 Å². The summed E-state index contributed by atoms with van der Waals surface area (Å²) in [5.74, 6) is -1.34. The highest BCUT2D eigenvalue weighted by atomic mass is 35.5. The number of hydrogen-bond acceptors (Lipinski definition) is 4. The van der Waals surface area contributed by atoms with Gasteiger partial charge in [0, 0.05) is 10.8 Å². The molecular weight excluding hydrogens is 401 g/mol. The highest BCUT2D eigenvalue weighted by Crippen LogP contribution is 2.37. The topological polar surface area (TPSA) is 55.4 Å². The molecule has 28 heavy (non-hydrogen) atoms. The molecule has 7 heteroatoms. The molecule has 0 saturated heterocycles. The molecule has 1 aromatic carbocycles. The number of ether oxygens (including phenoxy) is 1. The van der Waals surface area contributed by atoms with Gasteiger partial charge in [-0.05, 0) is 45.2 Å². The quantitative estimate of drug-likeness (QED) is 0.387. The normalized spacial score (nSPS) is 13.9. The zero-order chi connectivity index (χ0) is 21.6. The number of esters is 1. The molecule has 0 spiro atoms. The molecule has 1 aromatic rings. The second-order valence-electron chi connectivity index (χ2n) is 8.21.